The fourth-order valence-corrected chi connectivity index (χ4v) is 3.70. The fraction of sp³-hybridized carbons (Fsp3) is 0.381. The molecule has 0 spiro atoms. The van der Waals surface area contributed by atoms with Crippen molar-refractivity contribution in [1.82, 2.24) is 4.90 Å². The maximum atomic E-state index is 12.6. The molecule has 5 heteroatoms. The number of hydrogen-bond acceptors (Lipinski definition) is 3. The van der Waals surface area contributed by atoms with Crippen LogP contribution in [0.2, 0.25) is 5.02 Å². The van der Waals surface area contributed by atoms with Crippen molar-refractivity contribution >= 4 is 35.0 Å². The second-order valence-electron chi connectivity index (χ2n) is 6.12. The van der Waals surface area contributed by atoms with Crippen LogP contribution in [0.15, 0.2) is 53.4 Å². The first-order valence-electron chi connectivity index (χ1n) is 9.10. The van der Waals surface area contributed by atoms with Crippen molar-refractivity contribution in [2.45, 2.75) is 43.9 Å². The Morgan fingerprint density at radius 2 is 1.65 bits per heavy atom. The van der Waals surface area contributed by atoms with Crippen molar-refractivity contribution in [3.8, 4) is 0 Å². The Morgan fingerprint density at radius 1 is 1.04 bits per heavy atom. The van der Waals surface area contributed by atoms with E-state index < -0.39 is 0 Å². The van der Waals surface area contributed by atoms with Crippen molar-refractivity contribution < 1.29 is 4.79 Å². The number of carbonyl (C=O) groups excluding carboxylic acids is 1. The summed E-state index contributed by atoms with van der Waals surface area (Å²) in [6.07, 6.45) is 0.763. The summed E-state index contributed by atoms with van der Waals surface area (Å²) in [5.41, 5.74) is 2.10. The van der Waals surface area contributed by atoms with Crippen molar-refractivity contribution in [2.75, 3.05) is 18.4 Å². The topological polar surface area (TPSA) is 32.3 Å². The molecule has 1 amide bonds. The Labute approximate surface area is 166 Å². The summed E-state index contributed by atoms with van der Waals surface area (Å²) in [7, 11) is 0. The highest BCUT2D eigenvalue weighted by molar-refractivity contribution is 8.00. The molecule has 0 aliphatic rings. The highest BCUT2D eigenvalue weighted by Gasteiger charge is 2.18. The van der Waals surface area contributed by atoms with E-state index in [1.165, 1.54) is 5.56 Å². The van der Waals surface area contributed by atoms with Gasteiger partial charge in [0.15, 0.2) is 0 Å². The number of nitrogens with zero attached hydrogens (tertiary/aromatic N) is 1. The van der Waals surface area contributed by atoms with E-state index >= 15 is 0 Å². The lowest BCUT2D eigenvalue weighted by atomic mass is 10.2. The molecule has 3 nitrogen and oxygen atoms in total. The van der Waals surface area contributed by atoms with Crippen LogP contribution < -0.4 is 5.32 Å². The maximum Gasteiger partial charge on any atom is 0.237 e. The maximum absolute atomic E-state index is 12.6. The third-order valence-corrected chi connectivity index (χ3v) is 5.91. The highest BCUT2D eigenvalue weighted by Crippen LogP contribution is 2.27. The molecule has 0 saturated heterocycles. The first-order chi connectivity index (χ1) is 12.5. The van der Waals surface area contributed by atoms with Gasteiger partial charge in [0.05, 0.1) is 5.25 Å². The van der Waals surface area contributed by atoms with Gasteiger partial charge in [0, 0.05) is 22.2 Å². The van der Waals surface area contributed by atoms with E-state index in [1.807, 2.05) is 43.3 Å². The molecule has 0 heterocycles. The number of halogens is 1. The van der Waals surface area contributed by atoms with E-state index in [0.717, 1.165) is 36.6 Å². The predicted octanol–water partition coefficient (Wildman–Crippen LogP) is 5.69. The van der Waals surface area contributed by atoms with Gasteiger partial charge in [-0.1, -0.05) is 44.5 Å². The van der Waals surface area contributed by atoms with Crippen LogP contribution in [0, 0.1) is 0 Å². The molecule has 2 aromatic rings. The van der Waals surface area contributed by atoms with Gasteiger partial charge in [0.2, 0.25) is 5.91 Å². The lowest BCUT2D eigenvalue weighted by Crippen LogP contribution is -2.24. The number of benzene rings is 2. The number of anilines is 1. The molecule has 0 fully saturated rings. The lowest BCUT2D eigenvalue weighted by Gasteiger charge is -2.18. The summed E-state index contributed by atoms with van der Waals surface area (Å²) in [4.78, 5) is 16.0. The summed E-state index contributed by atoms with van der Waals surface area (Å²) >= 11 is 7.49. The zero-order chi connectivity index (χ0) is 18.9. The summed E-state index contributed by atoms with van der Waals surface area (Å²) in [6, 6.07) is 15.7. The fourth-order valence-electron chi connectivity index (χ4n) is 2.62. The molecule has 1 atom stereocenters. The smallest absolute Gasteiger partial charge is 0.237 e. The molecule has 0 aliphatic heterocycles. The van der Waals surface area contributed by atoms with E-state index in [1.54, 1.807) is 11.8 Å². The molecule has 0 radical (unpaired) electrons. The van der Waals surface area contributed by atoms with Crippen molar-refractivity contribution in [3.63, 3.8) is 0 Å². The number of rotatable bonds is 9. The van der Waals surface area contributed by atoms with Gasteiger partial charge in [0.1, 0.15) is 0 Å². The molecule has 0 unspecified atom stereocenters. The molecule has 2 rings (SSSR count). The van der Waals surface area contributed by atoms with E-state index in [-0.39, 0.29) is 11.2 Å². The molecule has 26 heavy (non-hydrogen) atoms. The van der Waals surface area contributed by atoms with E-state index in [9.17, 15) is 4.79 Å². The Balaban J connectivity index is 1.95. The third kappa shape index (κ3) is 6.35. The second kappa shape index (κ2) is 10.6. The molecule has 0 aromatic heterocycles. The van der Waals surface area contributed by atoms with E-state index in [4.69, 9.17) is 11.6 Å². The van der Waals surface area contributed by atoms with Gasteiger partial charge in [-0.05, 0) is 61.5 Å². The largest absolute Gasteiger partial charge is 0.325 e. The van der Waals surface area contributed by atoms with Crippen molar-refractivity contribution in [3.05, 3.63) is 59.1 Å². The van der Waals surface area contributed by atoms with Crippen LogP contribution in [0.3, 0.4) is 0 Å². The average Bonchev–Trinajstić information content (AvgIpc) is 2.66. The Bertz CT molecular complexity index is 684. The minimum atomic E-state index is -0.133. The Hall–Kier alpha value is -1.49. The van der Waals surface area contributed by atoms with Crippen molar-refractivity contribution in [1.29, 1.82) is 0 Å². The average molecular weight is 391 g/mol. The van der Waals surface area contributed by atoms with Gasteiger partial charge in [-0.2, -0.15) is 0 Å². The van der Waals surface area contributed by atoms with Gasteiger partial charge in [-0.15, -0.1) is 11.8 Å². The highest BCUT2D eigenvalue weighted by atomic mass is 35.5. The number of hydrogen-bond donors (Lipinski definition) is 1. The lowest BCUT2D eigenvalue weighted by molar-refractivity contribution is -0.115. The van der Waals surface area contributed by atoms with Gasteiger partial charge < -0.3 is 5.32 Å². The van der Waals surface area contributed by atoms with Gasteiger partial charge in [0.25, 0.3) is 0 Å². The number of carbonyl (C=O) groups is 1. The van der Waals surface area contributed by atoms with Gasteiger partial charge in [-0.3, -0.25) is 9.69 Å². The summed E-state index contributed by atoms with van der Waals surface area (Å²) in [6.45, 7) is 9.37. The summed E-state index contributed by atoms with van der Waals surface area (Å²) in [5, 5.41) is 3.61. The van der Waals surface area contributed by atoms with Crippen LogP contribution in [-0.2, 0) is 11.3 Å². The monoisotopic (exact) mass is 390 g/mol. The van der Waals surface area contributed by atoms with Crippen LogP contribution in [0.5, 0.6) is 0 Å². The standard InChI is InChI=1S/C21H27ClN2OS/c1-4-20(26-19-13-9-17(22)10-14-19)21(25)23-18-11-7-16(8-12-18)15-24(5-2)6-3/h7-14,20H,4-6,15H2,1-3H3,(H,23,25)/t20-/m0/s1. The van der Waals surface area contributed by atoms with Crippen LogP contribution in [0.1, 0.15) is 32.8 Å². The van der Waals surface area contributed by atoms with E-state index in [0.29, 0.717) is 5.02 Å². The van der Waals surface area contributed by atoms with Crippen LogP contribution in [0.4, 0.5) is 5.69 Å². The SMILES string of the molecule is CC[C@H](Sc1ccc(Cl)cc1)C(=O)Nc1ccc(CN(CC)CC)cc1. The minimum Gasteiger partial charge on any atom is -0.325 e. The quantitative estimate of drug-likeness (QED) is 0.558. The molecular formula is C21H27ClN2OS. The van der Waals surface area contributed by atoms with Gasteiger partial charge >= 0.3 is 0 Å². The molecule has 0 saturated carbocycles. The molecular weight excluding hydrogens is 364 g/mol. The van der Waals surface area contributed by atoms with Crippen LogP contribution >= 0.6 is 23.4 Å². The Kier molecular flexibility index (Phi) is 8.49. The van der Waals surface area contributed by atoms with Gasteiger partial charge in [-0.25, -0.2) is 0 Å². The van der Waals surface area contributed by atoms with E-state index in [2.05, 4.69) is 36.2 Å². The molecule has 0 bridgehead atoms. The minimum absolute atomic E-state index is 0.0314. The summed E-state index contributed by atoms with van der Waals surface area (Å²) in [5.74, 6) is 0.0314. The summed E-state index contributed by atoms with van der Waals surface area (Å²) < 4.78 is 0. The molecule has 140 valence electrons. The molecule has 0 aliphatic carbocycles. The first kappa shape index (κ1) is 20.8. The molecule has 1 N–H and O–H groups in total. The second-order valence-corrected chi connectivity index (χ2v) is 7.83. The Morgan fingerprint density at radius 3 is 2.19 bits per heavy atom. The number of nitrogens with one attached hydrogen (secondary N) is 1. The molecule has 2 aromatic carbocycles. The third-order valence-electron chi connectivity index (χ3n) is 4.28. The van der Waals surface area contributed by atoms with Crippen LogP contribution in [0.25, 0.3) is 0 Å². The van der Waals surface area contributed by atoms with Crippen molar-refractivity contribution in [2.24, 2.45) is 0 Å². The normalized spacial score (nSPS) is 12.2. The number of amides is 1. The predicted molar refractivity (Wildman–Crippen MR) is 113 cm³/mol. The number of thioether (sulfide) groups is 1. The zero-order valence-corrected chi connectivity index (χ0v) is 17.2. The van der Waals surface area contributed by atoms with Crippen LogP contribution in [-0.4, -0.2) is 29.1 Å². The zero-order valence-electron chi connectivity index (χ0n) is 15.7. The first-order valence-corrected chi connectivity index (χ1v) is 10.4.